The lowest BCUT2D eigenvalue weighted by Gasteiger charge is -2.11. The number of nitrogens with two attached hydrogens (primary N) is 1. The van der Waals surface area contributed by atoms with E-state index in [2.05, 4.69) is 0 Å². The number of aryl methyl sites for hydroxylation is 1. The third-order valence-electron chi connectivity index (χ3n) is 4.17. The van der Waals surface area contributed by atoms with Gasteiger partial charge in [0.05, 0.1) is 15.4 Å². The molecule has 28 heavy (non-hydrogen) atoms. The predicted molar refractivity (Wildman–Crippen MR) is 107 cm³/mol. The van der Waals surface area contributed by atoms with Gasteiger partial charge in [-0.15, -0.1) is 0 Å². The van der Waals surface area contributed by atoms with E-state index in [1.807, 2.05) is 6.92 Å². The van der Waals surface area contributed by atoms with Crippen LogP contribution in [-0.2, 0) is 16.4 Å². The highest BCUT2D eigenvalue weighted by atomic mass is 35.5. The first-order valence-corrected chi connectivity index (χ1v) is 10.3. The second-order valence-electron chi connectivity index (χ2n) is 6.25. The number of carbonyl (C=O) groups is 1. The average Bonchev–Trinajstić information content (AvgIpc) is 2.67. The normalized spacial score (nSPS) is 11.2. The largest absolute Gasteiger partial charge is 0.488 e. The fraction of sp³-hybridized carbons (Fsp3) is 0.0952. The molecule has 0 unspecified atom stereocenters. The van der Waals surface area contributed by atoms with Crippen molar-refractivity contribution in [3.8, 4) is 5.75 Å². The van der Waals surface area contributed by atoms with Crippen molar-refractivity contribution in [2.45, 2.75) is 23.3 Å². The molecule has 0 fully saturated rings. The highest BCUT2D eigenvalue weighted by Crippen LogP contribution is 2.25. The third-order valence-corrected chi connectivity index (χ3v) is 6.19. The molecule has 0 bridgehead atoms. The second-order valence-corrected chi connectivity index (χ2v) is 8.64. The number of rotatable bonds is 6. The zero-order valence-electron chi connectivity index (χ0n) is 15.1. The van der Waals surface area contributed by atoms with E-state index in [0.29, 0.717) is 10.8 Å². The average molecular weight is 416 g/mol. The molecule has 3 aromatic carbocycles. The maximum atomic E-state index is 12.7. The van der Waals surface area contributed by atoms with E-state index in [-0.39, 0.29) is 22.0 Å². The van der Waals surface area contributed by atoms with Gasteiger partial charge in [-0.1, -0.05) is 41.4 Å². The van der Waals surface area contributed by atoms with Crippen molar-refractivity contribution in [1.82, 2.24) is 0 Å². The molecule has 0 atom stereocenters. The molecule has 5 nitrogen and oxygen atoms in total. The summed E-state index contributed by atoms with van der Waals surface area (Å²) in [7, 11) is -3.58. The van der Waals surface area contributed by atoms with Crippen LogP contribution in [0.5, 0.6) is 5.75 Å². The summed E-state index contributed by atoms with van der Waals surface area (Å²) in [5, 5.41) is 0.381. The molecule has 0 radical (unpaired) electrons. The van der Waals surface area contributed by atoms with Crippen LogP contribution >= 0.6 is 11.6 Å². The lowest BCUT2D eigenvalue weighted by Crippen LogP contribution is -2.13. The van der Waals surface area contributed by atoms with Crippen molar-refractivity contribution in [3.05, 3.63) is 88.4 Å². The van der Waals surface area contributed by atoms with Gasteiger partial charge in [0.1, 0.15) is 12.4 Å². The van der Waals surface area contributed by atoms with Crippen LogP contribution < -0.4 is 10.5 Å². The van der Waals surface area contributed by atoms with Gasteiger partial charge in [0.25, 0.3) is 5.91 Å². The third kappa shape index (κ3) is 4.35. The molecule has 144 valence electrons. The van der Waals surface area contributed by atoms with E-state index in [4.69, 9.17) is 22.1 Å². The van der Waals surface area contributed by atoms with Crippen molar-refractivity contribution < 1.29 is 17.9 Å². The van der Waals surface area contributed by atoms with Gasteiger partial charge < -0.3 is 10.5 Å². The fourth-order valence-corrected chi connectivity index (χ4v) is 4.03. The molecule has 0 aliphatic carbocycles. The van der Waals surface area contributed by atoms with Crippen molar-refractivity contribution in [1.29, 1.82) is 0 Å². The minimum absolute atomic E-state index is 0.146. The van der Waals surface area contributed by atoms with Gasteiger partial charge in [-0.3, -0.25) is 4.79 Å². The van der Waals surface area contributed by atoms with Gasteiger partial charge in [-0.25, -0.2) is 8.42 Å². The second kappa shape index (κ2) is 8.04. The van der Waals surface area contributed by atoms with E-state index in [9.17, 15) is 13.2 Å². The van der Waals surface area contributed by atoms with Gasteiger partial charge in [0.15, 0.2) is 0 Å². The minimum Gasteiger partial charge on any atom is -0.488 e. The monoisotopic (exact) mass is 415 g/mol. The van der Waals surface area contributed by atoms with Crippen LogP contribution in [0.4, 0.5) is 0 Å². The number of ether oxygens (including phenoxy) is 1. The molecule has 7 heteroatoms. The lowest BCUT2D eigenvalue weighted by atomic mass is 10.2. The molecule has 0 aliphatic heterocycles. The Labute approximate surface area is 168 Å². The predicted octanol–water partition coefficient (Wildman–Crippen LogP) is 4.16. The summed E-state index contributed by atoms with van der Waals surface area (Å²) in [5.74, 6) is -0.328. The fourth-order valence-electron chi connectivity index (χ4n) is 2.60. The Bertz CT molecular complexity index is 1110. The number of sulfone groups is 1. The molecule has 3 rings (SSSR count). The Morgan fingerprint density at radius 1 is 0.964 bits per heavy atom. The summed E-state index contributed by atoms with van der Waals surface area (Å²) in [6, 6.07) is 17.7. The van der Waals surface area contributed by atoms with E-state index in [1.54, 1.807) is 48.5 Å². The number of primary amides is 1. The van der Waals surface area contributed by atoms with Crippen LogP contribution in [0.3, 0.4) is 0 Å². The maximum Gasteiger partial charge on any atom is 0.252 e. The Morgan fingerprint density at radius 2 is 1.54 bits per heavy atom. The van der Waals surface area contributed by atoms with Gasteiger partial charge in [0, 0.05) is 5.02 Å². The first-order chi connectivity index (χ1) is 13.3. The number of benzene rings is 3. The topological polar surface area (TPSA) is 86.5 Å². The van der Waals surface area contributed by atoms with Crippen LogP contribution in [0.15, 0.2) is 76.5 Å². The van der Waals surface area contributed by atoms with Crippen molar-refractivity contribution >= 4 is 27.3 Å². The number of hydrogen-bond donors (Lipinski definition) is 1. The molecule has 3 aromatic rings. The molecular formula is C21H18ClNO4S. The molecule has 1 amide bonds. The molecule has 0 aliphatic rings. The molecule has 0 heterocycles. The highest BCUT2D eigenvalue weighted by molar-refractivity contribution is 7.91. The molecular weight excluding hydrogens is 398 g/mol. The first kappa shape index (κ1) is 19.9. The van der Waals surface area contributed by atoms with Crippen molar-refractivity contribution in [2.24, 2.45) is 5.73 Å². The van der Waals surface area contributed by atoms with Gasteiger partial charge in [-0.05, 0) is 55.0 Å². The zero-order valence-corrected chi connectivity index (χ0v) is 16.6. The van der Waals surface area contributed by atoms with Gasteiger partial charge in [0.2, 0.25) is 9.84 Å². The van der Waals surface area contributed by atoms with E-state index >= 15 is 0 Å². The van der Waals surface area contributed by atoms with Gasteiger partial charge in [-0.2, -0.15) is 0 Å². The summed E-state index contributed by atoms with van der Waals surface area (Å²) < 4.78 is 31.0. The summed E-state index contributed by atoms with van der Waals surface area (Å²) in [4.78, 5) is 12.0. The Hall–Kier alpha value is -2.83. The highest BCUT2D eigenvalue weighted by Gasteiger charge is 2.17. The lowest BCUT2D eigenvalue weighted by molar-refractivity contribution is 0.0996. The van der Waals surface area contributed by atoms with Crippen LogP contribution in [0.1, 0.15) is 21.5 Å². The Balaban J connectivity index is 1.77. The zero-order chi connectivity index (χ0) is 20.3. The summed E-state index contributed by atoms with van der Waals surface area (Å²) in [6.45, 7) is 2.04. The number of amides is 1. The van der Waals surface area contributed by atoms with E-state index in [0.717, 1.165) is 11.1 Å². The van der Waals surface area contributed by atoms with E-state index in [1.165, 1.54) is 18.2 Å². The number of halogens is 1. The summed E-state index contributed by atoms with van der Waals surface area (Å²) >= 11 is 5.88. The molecule has 0 saturated carbocycles. The van der Waals surface area contributed by atoms with Crippen LogP contribution in [0.2, 0.25) is 5.02 Å². The quantitative estimate of drug-likeness (QED) is 0.654. The Morgan fingerprint density at radius 3 is 2.11 bits per heavy atom. The standard InChI is InChI=1S/C21H18ClNO4S/c1-14-2-7-17(8-3-14)28(25,26)18-9-4-15(5-10-18)13-27-20-11-6-16(22)12-19(20)21(23)24/h2-12H,13H2,1H3,(H2,23,24). The van der Waals surface area contributed by atoms with Crippen LogP contribution in [0, 0.1) is 6.92 Å². The maximum absolute atomic E-state index is 12.7. The molecule has 0 aromatic heterocycles. The molecule has 0 spiro atoms. The smallest absolute Gasteiger partial charge is 0.252 e. The van der Waals surface area contributed by atoms with Crippen molar-refractivity contribution in [2.75, 3.05) is 0 Å². The van der Waals surface area contributed by atoms with Gasteiger partial charge >= 0.3 is 0 Å². The minimum atomic E-state index is -3.58. The van der Waals surface area contributed by atoms with Crippen LogP contribution in [-0.4, -0.2) is 14.3 Å². The van der Waals surface area contributed by atoms with E-state index < -0.39 is 15.7 Å². The first-order valence-electron chi connectivity index (χ1n) is 8.40. The number of carbonyl (C=O) groups excluding carboxylic acids is 1. The van der Waals surface area contributed by atoms with Crippen LogP contribution in [0.25, 0.3) is 0 Å². The Kier molecular flexibility index (Phi) is 5.72. The SMILES string of the molecule is Cc1ccc(S(=O)(=O)c2ccc(COc3ccc(Cl)cc3C(N)=O)cc2)cc1. The molecule has 0 saturated heterocycles. The molecule has 2 N–H and O–H groups in total. The summed E-state index contributed by atoms with van der Waals surface area (Å²) in [5.41, 5.74) is 7.26. The summed E-state index contributed by atoms with van der Waals surface area (Å²) in [6.07, 6.45) is 0. The number of hydrogen-bond acceptors (Lipinski definition) is 4. The van der Waals surface area contributed by atoms with Crippen molar-refractivity contribution in [3.63, 3.8) is 0 Å².